The maximum atomic E-state index is 13.8. The highest BCUT2D eigenvalue weighted by atomic mass is 16.5. The molecule has 5 atom stereocenters. The van der Waals surface area contributed by atoms with Crippen LogP contribution in [0.5, 0.6) is 0 Å². The van der Waals surface area contributed by atoms with Crippen LogP contribution in [0.1, 0.15) is 207 Å². The molecular formula is C75H108N10O14. The van der Waals surface area contributed by atoms with Crippen molar-refractivity contribution in [3.63, 3.8) is 0 Å². The standard InChI is InChI=1S/C31H42N6O4.C18H27NO3.C17H22N2O3.C9H17NO4/c1-4-20(3)29-28-19-37(36-35-28)18-24(39)15-21(11-7-6-8-12-23(38)5-2)30(40)33-27(31(41)34-29)16-22-17-32-26-14-10-9-13-25(22)26;1-19(2)16-12-10-15(11-13-16)18(22)9-7-5-3-4-6-8-17(21)14-20;1-12(5-10-16(20)18-22)11-13(2)17(21)14-6-8-15(9-7-14)19(3)4;11-7-8(12)5-3-1-2-4-6-9(13)10-14/h9-10,13-14,17,19-21,27,29,32H,4-8,11-12,15-16,18H2,1-3H3,(H,33,40)(H,34,41);10-13,20H,3-9,14H2,1-2H3;5-11,13,22H,1-4H3,(H,18,20);11,14H,1-7H2,(H,10,13)/b;;10-5+,12-11+;/t20?,21-,27+,29+;;;/m1.../s1. The number of carbonyl (C=O) groups is 10. The molecule has 3 aromatic carbocycles. The van der Waals surface area contributed by atoms with Crippen LogP contribution in [-0.4, -0.2) is 146 Å². The van der Waals surface area contributed by atoms with Crippen molar-refractivity contribution in [2.75, 3.05) is 51.2 Å². The van der Waals surface area contributed by atoms with Crippen molar-refractivity contribution in [2.24, 2.45) is 17.8 Å². The topological polar surface area (TPSA) is 353 Å². The van der Waals surface area contributed by atoms with E-state index >= 15 is 0 Å². The number of para-hydroxylation sites is 1. The molecule has 2 aromatic heterocycles. The number of ketones is 6. The molecule has 2 bridgehead atoms. The number of allylic oxidation sites excluding steroid dienone is 3. The lowest BCUT2D eigenvalue weighted by Crippen LogP contribution is -2.51. The Morgan fingerprint density at radius 2 is 1.20 bits per heavy atom. The van der Waals surface area contributed by atoms with Crippen LogP contribution >= 0.6 is 0 Å². The number of unbranched alkanes of at least 4 members (excludes halogenated alkanes) is 9. The van der Waals surface area contributed by atoms with E-state index in [9.17, 15) is 47.9 Å². The molecule has 2 unspecified atom stereocenters. The number of fused-ring (bicyclic) bond motifs is 3. The van der Waals surface area contributed by atoms with Crippen LogP contribution in [0, 0.1) is 17.8 Å². The number of hydrogen-bond acceptors (Lipinski definition) is 18. The van der Waals surface area contributed by atoms with Gasteiger partial charge >= 0.3 is 0 Å². The van der Waals surface area contributed by atoms with Gasteiger partial charge < -0.3 is 35.6 Å². The van der Waals surface area contributed by atoms with E-state index in [0.717, 1.165) is 110 Å². The highest BCUT2D eigenvalue weighted by molar-refractivity contribution is 5.99. The van der Waals surface area contributed by atoms with Crippen molar-refractivity contribution in [3.05, 3.63) is 131 Å². The Labute approximate surface area is 583 Å². The number of Topliss-reactive ketones (excluding diaryl/α,β-unsaturated/α-hetero) is 6. The first-order valence-corrected chi connectivity index (χ1v) is 34.6. The van der Waals surface area contributed by atoms with E-state index in [-0.39, 0.29) is 90.4 Å². The number of amides is 4. The van der Waals surface area contributed by atoms with Crippen molar-refractivity contribution in [2.45, 2.75) is 195 Å². The Kier molecular flexibility index (Phi) is 40.2. The second kappa shape index (κ2) is 47.2. The van der Waals surface area contributed by atoms with Gasteiger partial charge in [0.25, 0.3) is 5.91 Å². The Morgan fingerprint density at radius 3 is 1.76 bits per heavy atom. The van der Waals surface area contributed by atoms with Crippen molar-refractivity contribution in [1.82, 2.24) is 41.6 Å². The van der Waals surface area contributed by atoms with Gasteiger partial charge in [0.05, 0.1) is 12.2 Å². The zero-order valence-corrected chi connectivity index (χ0v) is 59.5. The summed E-state index contributed by atoms with van der Waals surface area (Å²) in [6, 6.07) is 21.7. The second-order valence-electron chi connectivity index (χ2n) is 25.6. The number of H-pyrrole nitrogens is 1. The van der Waals surface area contributed by atoms with Crippen LogP contribution in [0.3, 0.4) is 0 Å². The Bertz CT molecular complexity index is 3370. The molecule has 1 aliphatic rings. The average Bonchev–Trinajstić information content (AvgIpc) is 1.71. The number of aliphatic hydroxyl groups excluding tert-OH is 2. The van der Waals surface area contributed by atoms with Gasteiger partial charge in [0.15, 0.2) is 28.9 Å². The zero-order chi connectivity index (χ0) is 73.2. The lowest BCUT2D eigenvalue weighted by atomic mass is 9.93. The lowest BCUT2D eigenvalue weighted by Gasteiger charge is -2.27. The third-order valence-corrected chi connectivity index (χ3v) is 17.1. The quantitative estimate of drug-likeness (QED) is 0.00449. The predicted molar refractivity (Wildman–Crippen MR) is 382 cm³/mol. The van der Waals surface area contributed by atoms with Crippen LogP contribution in [0.4, 0.5) is 11.4 Å². The van der Waals surface area contributed by atoms with Gasteiger partial charge in [-0.2, -0.15) is 0 Å². The predicted octanol–water partition coefficient (Wildman–Crippen LogP) is 10.4. The summed E-state index contributed by atoms with van der Waals surface area (Å²) >= 11 is 0. The maximum Gasteiger partial charge on any atom is 0.267 e. The van der Waals surface area contributed by atoms with E-state index in [1.165, 1.54) is 16.2 Å². The summed E-state index contributed by atoms with van der Waals surface area (Å²) in [5.41, 5.74) is 9.87. The first-order chi connectivity index (χ1) is 47.4. The molecule has 0 spiro atoms. The van der Waals surface area contributed by atoms with Crippen LogP contribution in [0.2, 0.25) is 0 Å². The highest BCUT2D eigenvalue weighted by Crippen LogP contribution is 2.26. The monoisotopic (exact) mass is 1370 g/mol. The van der Waals surface area contributed by atoms with Crippen LogP contribution in [0.15, 0.2) is 109 Å². The summed E-state index contributed by atoms with van der Waals surface area (Å²) in [4.78, 5) is 127. The molecule has 9 N–H and O–H groups in total. The van der Waals surface area contributed by atoms with E-state index in [0.29, 0.717) is 75.5 Å². The summed E-state index contributed by atoms with van der Waals surface area (Å²) in [5, 5.41) is 49.2. The molecule has 0 saturated heterocycles. The molecule has 24 heteroatoms. The summed E-state index contributed by atoms with van der Waals surface area (Å²) < 4.78 is 1.49. The summed E-state index contributed by atoms with van der Waals surface area (Å²) in [6.45, 7) is 8.82. The largest absolute Gasteiger partial charge is 0.389 e. The van der Waals surface area contributed by atoms with Gasteiger partial charge in [-0.1, -0.05) is 120 Å². The van der Waals surface area contributed by atoms with Gasteiger partial charge in [-0.15, -0.1) is 5.10 Å². The molecule has 6 rings (SSSR count). The van der Waals surface area contributed by atoms with E-state index < -0.39 is 23.9 Å². The summed E-state index contributed by atoms with van der Waals surface area (Å²) in [7, 11) is 7.84. The Morgan fingerprint density at radius 1 is 0.657 bits per heavy atom. The summed E-state index contributed by atoms with van der Waals surface area (Å²) in [5.74, 6) is -2.32. The van der Waals surface area contributed by atoms with Gasteiger partial charge in [-0.05, 0) is 112 Å². The third-order valence-electron chi connectivity index (χ3n) is 17.1. The maximum absolute atomic E-state index is 13.8. The molecule has 542 valence electrons. The van der Waals surface area contributed by atoms with Gasteiger partial charge in [0.2, 0.25) is 17.7 Å². The fraction of sp³-hybridized carbons (Fsp3) is 0.520. The number of aromatic amines is 1. The molecule has 4 amide bonds. The number of anilines is 2. The number of hydrogen-bond donors (Lipinski definition) is 9. The first-order valence-electron chi connectivity index (χ1n) is 34.6. The summed E-state index contributed by atoms with van der Waals surface area (Å²) in [6.07, 6.45) is 22.8. The Hall–Kier alpha value is -8.84. The highest BCUT2D eigenvalue weighted by Gasteiger charge is 2.32. The molecule has 5 aromatic rings. The van der Waals surface area contributed by atoms with Crippen LogP contribution in [0.25, 0.3) is 10.9 Å². The number of nitrogens with zero attached hydrogens (tertiary/aromatic N) is 5. The molecule has 0 saturated carbocycles. The lowest BCUT2D eigenvalue weighted by molar-refractivity contribution is -0.133. The third kappa shape index (κ3) is 32.6. The smallest absolute Gasteiger partial charge is 0.267 e. The molecular weight excluding hydrogens is 1260 g/mol. The Balaban J connectivity index is 0.000000374. The van der Waals surface area contributed by atoms with E-state index in [1.807, 2.05) is 145 Å². The fourth-order valence-corrected chi connectivity index (χ4v) is 10.8. The van der Waals surface area contributed by atoms with Crippen LogP contribution in [-0.2, 0) is 51.3 Å². The van der Waals surface area contributed by atoms with Crippen molar-refractivity contribution < 1.29 is 68.6 Å². The van der Waals surface area contributed by atoms with E-state index in [4.69, 9.17) is 20.6 Å². The number of aliphatic hydroxyl groups is 2. The number of carbonyl (C=O) groups excluding carboxylic acids is 10. The van der Waals surface area contributed by atoms with Gasteiger partial charge in [-0.3, -0.25) is 58.4 Å². The van der Waals surface area contributed by atoms with Crippen LogP contribution < -0.4 is 31.4 Å². The minimum Gasteiger partial charge on any atom is -0.389 e. The number of aromatic nitrogens is 4. The molecule has 0 fully saturated rings. The molecule has 0 aliphatic carbocycles. The first kappa shape index (κ1) is 84.4. The molecule has 1 aliphatic heterocycles. The van der Waals surface area contributed by atoms with Crippen molar-refractivity contribution >= 4 is 80.6 Å². The van der Waals surface area contributed by atoms with Gasteiger partial charge in [-0.25, -0.2) is 15.6 Å². The molecule has 0 radical (unpaired) electrons. The van der Waals surface area contributed by atoms with Gasteiger partial charge in [0, 0.05) is 137 Å². The SMILES string of the molecule is CC(/C=C/C(=O)NO)=C\C(C)C(=O)c1ccc(N(C)C)cc1.CCC(=O)CCCCC[C@@H]1CC(=O)Cn2cc(nn2)[C@H](C(C)CC)NC(=O)[C@H](Cc2c[nH]c3ccccc23)NC1=O.CN(C)c1ccc(C(=O)CCCCCCCC(=O)CO)cc1.O=C(CO)CCCCCCC(=O)NO. The minimum atomic E-state index is -0.844. The normalized spacial score (nSPS) is 15.3. The number of rotatable bonds is 36. The van der Waals surface area contributed by atoms with Crippen molar-refractivity contribution in [1.29, 1.82) is 0 Å². The van der Waals surface area contributed by atoms with E-state index in [2.05, 4.69) is 25.9 Å². The number of hydroxylamine groups is 2. The zero-order valence-electron chi connectivity index (χ0n) is 59.5. The minimum absolute atomic E-state index is 0.0156. The number of nitrogens with one attached hydrogen (secondary N) is 5. The second-order valence-corrected chi connectivity index (χ2v) is 25.6. The van der Waals surface area contributed by atoms with Gasteiger partial charge in [0.1, 0.15) is 37.3 Å². The molecule has 24 nitrogen and oxygen atoms in total. The number of benzene rings is 3. The van der Waals surface area contributed by atoms with Crippen molar-refractivity contribution in [3.8, 4) is 0 Å². The molecule has 99 heavy (non-hydrogen) atoms. The fourth-order valence-electron chi connectivity index (χ4n) is 10.8. The van der Waals surface area contributed by atoms with E-state index in [1.54, 1.807) is 30.8 Å². The molecule has 3 heterocycles. The average molecular weight is 1370 g/mol.